The highest BCUT2D eigenvalue weighted by Crippen LogP contribution is 2.30. The Bertz CT molecular complexity index is 1000. The minimum absolute atomic E-state index is 0.0250. The Labute approximate surface area is 179 Å². The summed E-state index contributed by atoms with van der Waals surface area (Å²) in [7, 11) is 2.80. The molecule has 2 aromatic heterocycles. The summed E-state index contributed by atoms with van der Waals surface area (Å²) in [6.07, 6.45) is 1.66. The topological polar surface area (TPSA) is 70.4 Å². The van der Waals surface area contributed by atoms with E-state index in [0.29, 0.717) is 22.3 Å². The molecular formula is C22H27BrN2O4. The Kier molecular flexibility index (Phi) is 10.1. The predicted molar refractivity (Wildman–Crippen MR) is 120 cm³/mol. The van der Waals surface area contributed by atoms with Gasteiger partial charge in [-0.15, -0.1) is 0 Å². The molecule has 0 amide bonds. The van der Waals surface area contributed by atoms with Gasteiger partial charge < -0.3 is 14.0 Å². The maximum absolute atomic E-state index is 12.9. The van der Waals surface area contributed by atoms with Crippen molar-refractivity contribution < 1.29 is 14.3 Å². The van der Waals surface area contributed by atoms with Gasteiger partial charge in [0.25, 0.3) is 5.56 Å². The molecule has 0 saturated carbocycles. The summed E-state index contributed by atoms with van der Waals surface area (Å²) in [6, 6.07) is 10.5. The fourth-order valence-corrected chi connectivity index (χ4v) is 3.13. The van der Waals surface area contributed by atoms with Gasteiger partial charge in [-0.25, -0.2) is 4.79 Å². The molecule has 0 aliphatic heterocycles. The average Bonchev–Trinajstić information content (AvgIpc) is 2.78. The minimum atomic E-state index is -0.673. The number of nitrogens with zero attached hydrogens (tertiary/aromatic N) is 2. The Morgan fingerprint density at radius 2 is 1.79 bits per heavy atom. The van der Waals surface area contributed by atoms with Gasteiger partial charge in [0.2, 0.25) is 0 Å². The molecule has 0 fully saturated rings. The molecule has 1 aromatic carbocycles. The van der Waals surface area contributed by atoms with Crippen LogP contribution in [0.4, 0.5) is 0 Å². The van der Waals surface area contributed by atoms with Crippen LogP contribution in [-0.2, 0) is 11.3 Å². The number of methoxy groups -OCH3 is 2. The van der Waals surface area contributed by atoms with Crippen LogP contribution in [0.1, 0.15) is 43.7 Å². The highest BCUT2D eigenvalue weighted by molar-refractivity contribution is 9.10. The molecule has 0 unspecified atom stereocenters. The number of carbonyl (C=O) groups excluding carboxylic acids is 1. The van der Waals surface area contributed by atoms with E-state index in [9.17, 15) is 9.59 Å². The Hall–Kier alpha value is -2.67. The van der Waals surface area contributed by atoms with Gasteiger partial charge in [-0.3, -0.25) is 9.78 Å². The van der Waals surface area contributed by atoms with E-state index in [2.05, 4.69) is 20.9 Å². The number of halogens is 1. The van der Waals surface area contributed by atoms with Crippen molar-refractivity contribution in [1.82, 2.24) is 9.55 Å². The number of pyridine rings is 2. The van der Waals surface area contributed by atoms with Crippen LogP contribution in [0.15, 0.2) is 51.9 Å². The minimum Gasteiger partial charge on any atom is -0.495 e. The first kappa shape index (κ1) is 24.4. The fourth-order valence-electron chi connectivity index (χ4n) is 2.60. The monoisotopic (exact) mass is 462 g/mol. The SMILES string of the molecule is CC.CC.COC(=O)c1cc2cc(Br)c(OC)cc2n(Cc2ccccn2)c1=O. The van der Waals surface area contributed by atoms with E-state index in [0.717, 1.165) is 4.47 Å². The number of aromatic nitrogens is 2. The summed E-state index contributed by atoms with van der Waals surface area (Å²) < 4.78 is 12.3. The van der Waals surface area contributed by atoms with E-state index in [1.165, 1.54) is 17.7 Å². The molecule has 0 atom stereocenters. The highest BCUT2D eigenvalue weighted by atomic mass is 79.9. The normalized spacial score (nSPS) is 9.62. The first-order valence-electron chi connectivity index (χ1n) is 9.44. The number of ether oxygens (including phenoxy) is 2. The largest absolute Gasteiger partial charge is 0.495 e. The van der Waals surface area contributed by atoms with Crippen LogP contribution in [0.5, 0.6) is 5.75 Å². The number of rotatable bonds is 4. The van der Waals surface area contributed by atoms with Crippen molar-refractivity contribution in [2.45, 2.75) is 34.2 Å². The number of fused-ring (bicyclic) bond motifs is 1. The van der Waals surface area contributed by atoms with E-state index >= 15 is 0 Å². The van der Waals surface area contributed by atoms with E-state index in [1.54, 1.807) is 31.5 Å². The first-order valence-corrected chi connectivity index (χ1v) is 10.2. The van der Waals surface area contributed by atoms with Gasteiger partial charge in [-0.2, -0.15) is 0 Å². The van der Waals surface area contributed by atoms with Gasteiger partial charge in [-0.1, -0.05) is 33.8 Å². The standard InChI is InChI=1S/C18H15BrN2O4.2C2H6/c1-24-16-9-15-11(8-14(16)19)7-13(18(23)25-2)17(22)21(15)10-12-5-3-4-6-20-12;2*1-2/h3-9H,10H2,1-2H3;2*1-2H3. The molecule has 0 N–H and O–H groups in total. The van der Waals surface area contributed by atoms with Crippen molar-refractivity contribution in [2.75, 3.05) is 14.2 Å². The van der Waals surface area contributed by atoms with Gasteiger partial charge in [-0.05, 0) is 40.2 Å². The van der Waals surface area contributed by atoms with E-state index < -0.39 is 11.5 Å². The Morgan fingerprint density at radius 1 is 1.10 bits per heavy atom. The van der Waals surface area contributed by atoms with Crippen molar-refractivity contribution in [3.63, 3.8) is 0 Å². The molecule has 29 heavy (non-hydrogen) atoms. The van der Waals surface area contributed by atoms with Crippen LogP contribution < -0.4 is 10.3 Å². The van der Waals surface area contributed by atoms with E-state index in [1.807, 2.05) is 39.8 Å². The number of hydrogen-bond acceptors (Lipinski definition) is 5. The first-order chi connectivity index (χ1) is 14.0. The lowest BCUT2D eigenvalue weighted by Crippen LogP contribution is -2.28. The second-order valence-corrected chi connectivity index (χ2v) is 6.16. The summed E-state index contributed by atoms with van der Waals surface area (Å²) in [5, 5.41) is 0.712. The number of carbonyl (C=O) groups is 1. The predicted octanol–water partition coefficient (Wildman–Crippen LogP) is 5.05. The summed E-state index contributed by atoms with van der Waals surface area (Å²) in [4.78, 5) is 29.1. The molecule has 0 aliphatic carbocycles. The Balaban J connectivity index is 0.000000989. The second kappa shape index (κ2) is 12.0. The van der Waals surface area contributed by atoms with Crippen LogP contribution in [0, 0.1) is 0 Å². The molecule has 0 bridgehead atoms. The molecule has 2 heterocycles. The summed E-state index contributed by atoms with van der Waals surface area (Å²) in [5.74, 6) is -0.0823. The third kappa shape index (κ3) is 5.67. The fraction of sp³-hybridized carbons (Fsp3) is 0.318. The number of hydrogen-bond donors (Lipinski definition) is 0. The highest BCUT2D eigenvalue weighted by Gasteiger charge is 2.18. The van der Waals surface area contributed by atoms with Crippen molar-refractivity contribution in [1.29, 1.82) is 0 Å². The quantitative estimate of drug-likeness (QED) is 0.507. The lowest BCUT2D eigenvalue weighted by molar-refractivity contribution is 0.0598. The zero-order chi connectivity index (χ0) is 22.0. The van der Waals surface area contributed by atoms with Crippen LogP contribution >= 0.6 is 15.9 Å². The number of benzene rings is 1. The molecule has 3 aromatic rings. The van der Waals surface area contributed by atoms with Gasteiger partial charge in [0.1, 0.15) is 11.3 Å². The van der Waals surface area contributed by atoms with E-state index in [4.69, 9.17) is 9.47 Å². The molecule has 0 spiro atoms. The van der Waals surface area contributed by atoms with Crippen LogP contribution in [-0.4, -0.2) is 29.7 Å². The van der Waals surface area contributed by atoms with Crippen LogP contribution in [0.3, 0.4) is 0 Å². The summed E-state index contributed by atoms with van der Waals surface area (Å²) >= 11 is 3.43. The molecule has 156 valence electrons. The van der Waals surface area contributed by atoms with Crippen molar-refractivity contribution in [3.05, 3.63) is 68.7 Å². The maximum atomic E-state index is 12.9. The van der Waals surface area contributed by atoms with Crippen LogP contribution in [0.2, 0.25) is 0 Å². The van der Waals surface area contributed by atoms with Crippen molar-refractivity contribution >= 4 is 32.8 Å². The zero-order valence-electron chi connectivity index (χ0n) is 17.7. The molecular weight excluding hydrogens is 436 g/mol. The molecule has 0 radical (unpaired) electrons. The second-order valence-electron chi connectivity index (χ2n) is 5.31. The summed E-state index contributed by atoms with van der Waals surface area (Å²) in [5.41, 5.74) is 0.885. The van der Waals surface area contributed by atoms with Crippen molar-refractivity contribution in [3.8, 4) is 5.75 Å². The lowest BCUT2D eigenvalue weighted by Gasteiger charge is -2.14. The Morgan fingerprint density at radius 3 is 2.34 bits per heavy atom. The van der Waals surface area contributed by atoms with Gasteiger partial charge in [0.05, 0.1) is 36.4 Å². The van der Waals surface area contributed by atoms with Crippen LogP contribution in [0.25, 0.3) is 10.9 Å². The maximum Gasteiger partial charge on any atom is 0.343 e. The van der Waals surface area contributed by atoms with Gasteiger partial charge in [0.15, 0.2) is 0 Å². The smallest absolute Gasteiger partial charge is 0.343 e. The molecule has 7 heteroatoms. The third-order valence-corrected chi connectivity index (χ3v) is 4.44. The molecule has 0 saturated heterocycles. The molecule has 0 aliphatic rings. The van der Waals surface area contributed by atoms with Gasteiger partial charge in [0, 0.05) is 17.6 Å². The van der Waals surface area contributed by atoms with E-state index in [-0.39, 0.29) is 12.1 Å². The van der Waals surface area contributed by atoms with Crippen molar-refractivity contribution in [2.24, 2.45) is 0 Å². The molecule has 3 rings (SSSR count). The zero-order valence-corrected chi connectivity index (χ0v) is 19.2. The number of esters is 1. The summed E-state index contributed by atoms with van der Waals surface area (Å²) in [6.45, 7) is 8.23. The average molecular weight is 463 g/mol. The van der Waals surface area contributed by atoms with Gasteiger partial charge >= 0.3 is 5.97 Å². The lowest BCUT2D eigenvalue weighted by atomic mass is 10.1. The third-order valence-electron chi connectivity index (χ3n) is 3.82. The molecule has 6 nitrogen and oxygen atoms in total.